The predicted octanol–water partition coefficient (Wildman–Crippen LogP) is 0.858. The van der Waals surface area contributed by atoms with Gasteiger partial charge in [-0.1, -0.05) is 0 Å². The van der Waals surface area contributed by atoms with Crippen LogP contribution in [0.3, 0.4) is 0 Å². The zero-order valence-electron chi connectivity index (χ0n) is 13.3. The molecule has 0 bridgehead atoms. The molecule has 1 aromatic rings. The van der Waals surface area contributed by atoms with Gasteiger partial charge in [0, 0.05) is 31.2 Å². The third-order valence-corrected chi connectivity index (χ3v) is 3.43. The Morgan fingerprint density at radius 1 is 1.33 bits per heavy atom. The molecule has 6 heteroatoms. The lowest BCUT2D eigenvalue weighted by Gasteiger charge is -2.28. The second-order valence-electron chi connectivity index (χ2n) is 6.40. The highest BCUT2D eigenvalue weighted by molar-refractivity contribution is 5.43. The zero-order chi connectivity index (χ0) is 15.3. The molecule has 21 heavy (non-hydrogen) atoms. The Morgan fingerprint density at radius 2 is 2.05 bits per heavy atom. The van der Waals surface area contributed by atoms with E-state index in [-0.39, 0.29) is 11.1 Å². The molecular formula is C15H26N4O2. The molecule has 0 spiro atoms. The second kappa shape index (κ2) is 7.04. The maximum atomic E-state index is 12.1. The summed E-state index contributed by atoms with van der Waals surface area (Å²) in [5, 5.41) is 7.69. The third kappa shape index (κ3) is 5.13. The van der Waals surface area contributed by atoms with Crippen molar-refractivity contribution in [2.75, 3.05) is 37.7 Å². The molecule has 0 atom stereocenters. The highest BCUT2D eigenvalue weighted by atomic mass is 16.5. The molecule has 2 heterocycles. The lowest BCUT2D eigenvalue weighted by molar-refractivity contribution is 0.122. The molecule has 0 amide bonds. The maximum Gasteiger partial charge on any atom is 0.268 e. The van der Waals surface area contributed by atoms with E-state index >= 15 is 0 Å². The van der Waals surface area contributed by atoms with Crippen LogP contribution in [-0.4, -0.2) is 48.2 Å². The van der Waals surface area contributed by atoms with E-state index in [2.05, 4.69) is 36.1 Å². The molecule has 0 aromatic carbocycles. The van der Waals surface area contributed by atoms with Crippen LogP contribution in [0.1, 0.15) is 27.2 Å². The number of hydrogen-bond donors (Lipinski definition) is 1. The van der Waals surface area contributed by atoms with Crippen LogP contribution in [-0.2, 0) is 11.3 Å². The van der Waals surface area contributed by atoms with Crippen LogP contribution >= 0.6 is 0 Å². The third-order valence-electron chi connectivity index (χ3n) is 3.43. The molecule has 0 saturated carbocycles. The Bertz CT molecular complexity index is 501. The van der Waals surface area contributed by atoms with Crippen LogP contribution < -0.4 is 15.8 Å². The lowest BCUT2D eigenvalue weighted by atomic mass is 10.1. The van der Waals surface area contributed by atoms with Crippen LogP contribution in [0.15, 0.2) is 17.1 Å². The summed E-state index contributed by atoms with van der Waals surface area (Å²) in [6, 6.07) is 1.68. The van der Waals surface area contributed by atoms with Gasteiger partial charge in [-0.3, -0.25) is 4.79 Å². The largest absolute Gasteiger partial charge is 0.378 e. The van der Waals surface area contributed by atoms with E-state index in [4.69, 9.17) is 4.74 Å². The standard InChI is InChI=1S/C15H26N4O2/c1-15(2,3)16-5-4-6-19-14(20)11-13(12-17-19)18-7-9-21-10-8-18/h11-12,16H,4-10H2,1-3H3. The van der Waals surface area contributed by atoms with Crippen molar-refractivity contribution in [1.29, 1.82) is 0 Å². The average Bonchev–Trinajstić information content (AvgIpc) is 2.45. The number of nitrogens with zero attached hydrogens (tertiary/aromatic N) is 3. The van der Waals surface area contributed by atoms with Crippen molar-refractivity contribution < 1.29 is 4.74 Å². The number of morpholine rings is 1. The van der Waals surface area contributed by atoms with Crippen LogP contribution in [0, 0.1) is 0 Å². The zero-order valence-corrected chi connectivity index (χ0v) is 13.3. The Labute approximate surface area is 126 Å². The van der Waals surface area contributed by atoms with Gasteiger partial charge in [0.1, 0.15) is 0 Å². The quantitative estimate of drug-likeness (QED) is 0.816. The molecule has 2 rings (SSSR count). The first-order valence-electron chi connectivity index (χ1n) is 7.61. The molecule has 0 unspecified atom stereocenters. The summed E-state index contributed by atoms with van der Waals surface area (Å²) in [4.78, 5) is 14.2. The first-order valence-corrected chi connectivity index (χ1v) is 7.61. The number of aryl methyl sites for hydroxylation is 1. The van der Waals surface area contributed by atoms with Gasteiger partial charge < -0.3 is 15.0 Å². The fourth-order valence-electron chi connectivity index (χ4n) is 2.28. The van der Waals surface area contributed by atoms with E-state index < -0.39 is 0 Å². The number of anilines is 1. The molecule has 1 fully saturated rings. The van der Waals surface area contributed by atoms with Crippen molar-refractivity contribution in [1.82, 2.24) is 15.1 Å². The summed E-state index contributed by atoms with van der Waals surface area (Å²) < 4.78 is 6.85. The first kappa shape index (κ1) is 16.0. The van der Waals surface area contributed by atoms with Crippen molar-refractivity contribution in [2.45, 2.75) is 39.3 Å². The van der Waals surface area contributed by atoms with Gasteiger partial charge in [-0.15, -0.1) is 0 Å². The Balaban J connectivity index is 1.88. The number of nitrogens with one attached hydrogen (secondary N) is 1. The fraction of sp³-hybridized carbons (Fsp3) is 0.733. The Morgan fingerprint density at radius 3 is 2.67 bits per heavy atom. The van der Waals surface area contributed by atoms with E-state index in [1.165, 1.54) is 4.68 Å². The summed E-state index contributed by atoms with van der Waals surface area (Å²) >= 11 is 0. The maximum absolute atomic E-state index is 12.1. The van der Waals surface area contributed by atoms with Gasteiger partial charge in [0.05, 0.1) is 25.1 Å². The van der Waals surface area contributed by atoms with E-state index in [0.717, 1.165) is 31.7 Å². The van der Waals surface area contributed by atoms with Crippen LogP contribution in [0.5, 0.6) is 0 Å². The van der Waals surface area contributed by atoms with Crippen molar-refractivity contribution in [3.8, 4) is 0 Å². The molecule has 0 aliphatic carbocycles. The summed E-state index contributed by atoms with van der Waals surface area (Å²) in [5.41, 5.74) is 0.973. The molecule has 0 radical (unpaired) electrons. The molecule has 118 valence electrons. The van der Waals surface area contributed by atoms with Crippen molar-refractivity contribution in [2.24, 2.45) is 0 Å². The minimum Gasteiger partial charge on any atom is -0.378 e. The van der Waals surface area contributed by atoms with Crippen molar-refractivity contribution in [3.63, 3.8) is 0 Å². The molecule has 6 nitrogen and oxygen atoms in total. The molecule has 1 aliphatic heterocycles. The SMILES string of the molecule is CC(C)(C)NCCCn1ncc(N2CCOCC2)cc1=O. The average molecular weight is 294 g/mol. The lowest BCUT2D eigenvalue weighted by Crippen LogP contribution is -2.38. The van der Waals surface area contributed by atoms with Crippen molar-refractivity contribution >= 4 is 5.69 Å². The predicted molar refractivity (Wildman–Crippen MR) is 83.9 cm³/mol. The molecular weight excluding hydrogens is 268 g/mol. The first-order chi connectivity index (χ1) is 9.96. The van der Waals surface area contributed by atoms with Gasteiger partial charge >= 0.3 is 0 Å². The van der Waals surface area contributed by atoms with Gasteiger partial charge in [-0.2, -0.15) is 5.10 Å². The summed E-state index contributed by atoms with van der Waals surface area (Å²) in [6.45, 7) is 11.0. The number of hydrogen-bond acceptors (Lipinski definition) is 5. The number of rotatable bonds is 5. The highest BCUT2D eigenvalue weighted by Crippen LogP contribution is 2.11. The smallest absolute Gasteiger partial charge is 0.268 e. The number of ether oxygens (including phenoxy) is 1. The molecule has 1 aliphatic rings. The van der Waals surface area contributed by atoms with Gasteiger partial charge in [-0.05, 0) is 33.7 Å². The van der Waals surface area contributed by atoms with Gasteiger partial charge in [0.25, 0.3) is 5.56 Å². The van der Waals surface area contributed by atoms with E-state index in [9.17, 15) is 4.79 Å². The topological polar surface area (TPSA) is 59.4 Å². The van der Waals surface area contributed by atoms with Gasteiger partial charge in [-0.25, -0.2) is 4.68 Å². The van der Waals surface area contributed by atoms with E-state index in [1.807, 2.05) is 0 Å². The van der Waals surface area contributed by atoms with Gasteiger partial charge in [0.15, 0.2) is 0 Å². The van der Waals surface area contributed by atoms with Gasteiger partial charge in [0.2, 0.25) is 0 Å². The van der Waals surface area contributed by atoms with Crippen LogP contribution in [0.25, 0.3) is 0 Å². The minimum absolute atomic E-state index is 0.0326. The molecule has 1 N–H and O–H groups in total. The second-order valence-corrected chi connectivity index (χ2v) is 6.40. The fourth-order valence-corrected chi connectivity index (χ4v) is 2.28. The summed E-state index contributed by atoms with van der Waals surface area (Å²) in [6.07, 6.45) is 2.67. The van der Waals surface area contributed by atoms with Crippen LogP contribution in [0.4, 0.5) is 5.69 Å². The highest BCUT2D eigenvalue weighted by Gasteiger charge is 2.13. The number of aromatic nitrogens is 2. The monoisotopic (exact) mass is 294 g/mol. The van der Waals surface area contributed by atoms with E-state index in [0.29, 0.717) is 19.8 Å². The Hall–Kier alpha value is -1.40. The van der Waals surface area contributed by atoms with Crippen LogP contribution in [0.2, 0.25) is 0 Å². The minimum atomic E-state index is -0.0326. The summed E-state index contributed by atoms with van der Waals surface area (Å²) in [5.74, 6) is 0. The Kier molecular flexibility index (Phi) is 5.36. The normalized spacial score (nSPS) is 16.2. The van der Waals surface area contributed by atoms with E-state index in [1.54, 1.807) is 12.3 Å². The van der Waals surface area contributed by atoms with Crippen molar-refractivity contribution in [3.05, 3.63) is 22.6 Å². The molecule has 1 saturated heterocycles. The summed E-state index contributed by atoms with van der Waals surface area (Å²) in [7, 11) is 0. The molecule has 1 aromatic heterocycles.